The summed E-state index contributed by atoms with van der Waals surface area (Å²) in [4.78, 5) is 26.7. The maximum absolute atomic E-state index is 13.3. The van der Waals surface area contributed by atoms with E-state index in [2.05, 4.69) is 42.0 Å². The molecule has 0 bridgehead atoms. The molecule has 0 aromatic heterocycles. The number of hydrogen-bond acceptors (Lipinski definition) is 6. The average molecular weight is 569 g/mol. The van der Waals surface area contributed by atoms with Crippen LogP contribution in [0, 0.1) is 0 Å². The number of carbonyl (C=O) groups excluding carboxylic acids is 2. The molecule has 2 aromatic rings. The summed E-state index contributed by atoms with van der Waals surface area (Å²) in [5.41, 5.74) is 3.51. The van der Waals surface area contributed by atoms with E-state index < -0.39 is 0 Å². The Bertz CT molecular complexity index is 1160. The topological polar surface area (TPSA) is 71.1 Å². The summed E-state index contributed by atoms with van der Waals surface area (Å²) in [7, 11) is 8.50. The van der Waals surface area contributed by atoms with Crippen molar-refractivity contribution >= 4 is 11.6 Å². The van der Waals surface area contributed by atoms with Crippen molar-refractivity contribution < 1.29 is 37.5 Å². The fourth-order valence-electron chi connectivity index (χ4n) is 5.73. The quantitative estimate of drug-likeness (QED) is 0.186. The Morgan fingerprint density at radius 1 is 0.585 bits per heavy atom. The molecule has 224 valence electrons. The lowest BCUT2D eigenvalue weighted by molar-refractivity contribution is -0.884. The van der Waals surface area contributed by atoms with Crippen molar-refractivity contribution in [3.63, 3.8) is 0 Å². The van der Waals surface area contributed by atoms with E-state index in [0.717, 1.165) is 78.9 Å². The third-order valence-electron chi connectivity index (χ3n) is 8.07. The van der Waals surface area contributed by atoms with Crippen LogP contribution in [0.5, 0.6) is 23.0 Å². The van der Waals surface area contributed by atoms with Gasteiger partial charge in [-0.1, -0.05) is 13.8 Å². The molecule has 2 aromatic carbocycles. The van der Waals surface area contributed by atoms with Gasteiger partial charge in [0.15, 0.2) is 23.0 Å². The lowest BCUT2D eigenvalue weighted by Crippen LogP contribution is -2.45. The zero-order chi connectivity index (χ0) is 29.6. The average Bonchev–Trinajstić information content (AvgIpc) is 2.94. The summed E-state index contributed by atoms with van der Waals surface area (Å²) >= 11 is 0. The molecule has 0 spiro atoms. The number of nitrogens with zero attached hydrogens (tertiary/aromatic N) is 2. The van der Waals surface area contributed by atoms with Crippen molar-refractivity contribution in [3.8, 4) is 23.0 Å². The van der Waals surface area contributed by atoms with Crippen LogP contribution < -0.4 is 18.9 Å². The Kier molecular flexibility index (Phi) is 9.97. The minimum absolute atomic E-state index is 0.144. The number of Topliss-reactive ketones (excluding diaryl/α,β-unsaturated/α-hetero) is 2. The van der Waals surface area contributed by atoms with Crippen LogP contribution in [0.3, 0.4) is 0 Å². The minimum atomic E-state index is 0.144. The Morgan fingerprint density at radius 3 is 1.27 bits per heavy atom. The molecular formula is C33H48N2O6+2. The maximum atomic E-state index is 13.3. The highest BCUT2D eigenvalue weighted by molar-refractivity contribution is 5.99. The van der Waals surface area contributed by atoms with E-state index in [4.69, 9.17) is 18.9 Å². The second kappa shape index (κ2) is 13.3. The van der Waals surface area contributed by atoms with Crippen LogP contribution in [0.25, 0.3) is 0 Å². The number of likely N-dealkylation sites (N-methyl/N-ethyl adjacent to an activating group) is 2. The van der Waals surface area contributed by atoms with Crippen molar-refractivity contribution in [3.05, 3.63) is 46.5 Å². The molecule has 0 atom stereocenters. The summed E-state index contributed by atoms with van der Waals surface area (Å²) in [6.45, 7) is 8.95. The SMILES string of the molecule is CCc1cc2c(cc1C(=O)C[N+](C)(C)CCCCC[N+](C)(C)CC(=O)c1cc3c(cc1CC)OCCO3)OCCO2. The standard InChI is InChI=1S/C33H48N2O6/c1-7-24-18-30-32(40-16-14-38-30)20-26(24)28(36)22-34(3,4)12-10-9-11-13-35(5,6)23-29(37)27-21-33-31(19-25(27)8-2)39-15-17-41-33/h18-21H,7-17,22-23H2,1-6H3/q+2. The first-order valence-electron chi connectivity index (χ1n) is 15.1. The van der Waals surface area contributed by atoms with E-state index in [0.29, 0.717) is 60.0 Å². The van der Waals surface area contributed by atoms with E-state index in [1.807, 2.05) is 24.3 Å². The number of benzene rings is 2. The van der Waals surface area contributed by atoms with Crippen molar-refractivity contribution in [2.75, 3.05) is 80.8 Å². The molecule has 0 saturated carbocycles. The molecule has 0 aliphatic carbocycles. The first kappa shape index (κ1) is 30.8. The first-order chi connectivity index (χ1) is 19.5. The van der Waals surface area contributed by atoms with Crippen LogP contribution in [0.2, 0.25) is 0 Å². The second-order valence-electron chi connectivity index (χ2n) is 12.6. The van der Waals surface area contributed by atoms with Gasteiger partial charge in [-0.15, -0.1) is 0 Å². The van der Waals surface area contributed by atoms with Gasteiger partial charge in [0.25, 0.3) is 0 Å². The zero-order valence-electron chi connectivity index (χ0n) is 25.8. The van der Waals surface area contributed by atoms with Crippen molar-refractivity contribution in [2.45, 2.75) is 46.0 Å². The van der Waals surface area contributed by atoms with Crippen LogP contribution in [-0.4, -0.2) is 101 Å². The van der Waals surface area contributed by atoms with E-state index in [1.165, 1.54) is 0 Å². The first-order valence-corrected chi connectivity index (χ1v) is 15.1. The zero-order valence-corrected chi connectivity index (χ0v) is 25.8. The van der Waals surface area contributed by atoms with Crippen molar-refractivity contribution in [1.82, 2.24) is 0 Å². The number of fused-ring (bicyclic) bond motifs is 2. The Hall–Kier alpha value is -3.10. The Morgan fingerprint density at radius 2 is 0.927 bits per heavy atom. The highest BCUT2D eigenvalue weighted by Crippen LogP contribution is 2.35. The monoisotopic (exact) mass is 568 g/mol. The predicted octanol–water partition coefficient (Wildman–Crippen LogP) is 4.74. The summed E-state index contributed by atoms with van der Waals surface area (Å²) in [5, 5.41) is 0. The number of ether oxygens (including phenoxy) is 4. The molecule has 8 heteroatoms. The van der Waals surface area contributed by atoms with Crippen LogP contribution in [0.4, 0.5) is 0 Å². The number of hydrogen-bond donors (Lipinski definition) is 0. The fourth-order valence-corrected chi connectivity index (χ4v) is 5.73. The highest BCUT2D eigenvalue weighted by atomic mass is 16.6. The lowest BCUT2D eigenvalue weighted by Gasteiger charge is -2.31. The molecule has 2 aliphatic rings. The molecule has 0 amide bonds. The number of unbranched alkanes of at least 4 members (excludes halogenated alkanes) is 2. The molecule has 2 heterocycles. The minimum Gasteiger partial charge on any atom is -0.486 e. The van der Waals surface area contributed by atoms with Crippen LogP contribution in [0.1, 0.15) is 65.0 Å². The van der Waals surface area contributed by atoms with E-state index in [1.54, 1.807) is 0 Å². The molecule has 0 unspecified atom stereocenters. The van der Waals surface area contributed by atoms with Gasteiger partial charge in [-0.05, 0) is 67.5 Å². The number of quaternary nitrogens is 2. The van der Waals surface area contributed by atoms with E-state index in [-0.39, 0.29) is 11.6 Å². The van der Waals surface area contributed by atoms with Crippen molar-refractivity contribution in [1.29, 1.82) is 0 Å². The molecule has 4 rings (SSSR count). The van der Waals surface area contributed by atoms with Gasteiger partial charge < -0.3 is 27.9 Å². The van der Waals surface area contributed by atoms with Gasteiger partial charge in [0.05, 0.1) is 41.3 Å². The number of ketones is 2. The summed E-state index contributed by atoms with van der Waals surface area (Å²) in [5.74, 6) is 3.09. The molecular weight excluding hydrogens is 520 g/mol. The Balaban J connectivity index is 1.25. The number of carbonyl (C=O) groups is 2. The molecule has 0 fully saturated rings. The molecule has 41 heavy (non-hydrogen) atoms. The molecule has 2 aliphatic heterocycles. The predicted molar refractivity (Wildman–Crippen MR) is 160 cm³/mol. The third-order valence-corrected chi connectivity index (χ3v) is 8.07. The van der Waals surface area contributed by atoms with Gasteiger partial charge in [-0.25, -0.2) is 0 Å². The van der Waals surface area contributed by atoms with Gasteiger partial charge in [-0.3, -0.25) is 9.59 Å². The summed E-state index contributed by atoms with van der Waals surface area (Å²) in [6, 6.07) is 7.66. The third kappa shape index (κ3) is 8.01. The van der Waals surface area contributed by atoms with Gasteiger partial charge in [0, 0.05) is 11.1 Å². The Labute approximate surface area is 245 Å². The fraction of sp³-hybridized carbons (Fsp3) is 0.576. The number of aryl methyl sites for hydroxylation is 2. The molecule has 0 N–H and O–H groups in total. The molecule has 0 radical (unpaired) electrons. The van der Waals surface area contributed by atoms with Gasteiger partial charge in [-0.2, -0.15) is 0 Å². The summed E-state index contributed by atoms with van der Waals surface area (Å²) < 4.78 is 24.1. The molecule has 0 saturated heterocycles. The van der Waals surface area contributed by atoms with Crippen LogP contribution in [-0.2, 0) is 12.8 Å². The maximum Gasteiger partial charge on any atom is 0.217 e. The van der Waals surface area contributed by atoms with Gasteiger partial charge in [0.1, 0.15) is 39.5 Å². The lowest BCUT2D eigenvalue weighted by atomic mass is 9.99. The summed E-state index contributed by atoms with van der Waals surface area (Å²) in [6.07, 6.45) is 4.66. The largest absolute Gasteiger partial charge is 0.486 e. The van der Waals surface area contributed by atoms with Crippen LogP contribution >= 0.6 is 0 Å². The van der Waals surface area contributed by atoms with Crippen LogP contribution in [0.15, 0.2) is 24.3 Å². The van der Waals surface area contributed by atoms with Gasteiger partial charge >= 0.3 is 0 Å². The van der Waals surface area contributed by atoms with E-state index in [9.17, 15) is 9.59 Å². The van der Waals surface area contributed by atoms with Gasteiger partial charge in [0.2, 0.25) is 11.6 Å². The van der Waals surface area contributed by atoms with Crippen molar-refractivity contribution in [2.24, 2.45) is 0 Å². The number of rotatable bonds is 14. The normalized spacial score (nSPS) is 14.6. The van der Waals surface area contributed by atoms with E-state index >= 15 is 0 Å². The highest BCUT2D eigenvalue weighted by Gasteiger charge is 2.27. The molecule has 8 nitrogen and oxygen atoms in total. The smallest absolute Gasteiger partial charge is 0.217 e. The second-order valence-corrected chi connectivity index (χ2v) is 12.6.